The molecular weight excluding hydrogens is 227 g/mol. The highest BCUT2D eigenvalue weighted by atomic mass is 19.1. The third-order valence-corrected chi connectivity index (χ3v) is 3.58. The molecule has 0 aliphatic carbocycles. The van der Waals surface area contributed by atoms with Crippen LogP contribution in [0.25, 0.3) is 0 Å². The quantitative estimate of drug-likeness (QED) is 0.868. The second kappa shape index (κ2) is 5.37. The predicted octanol–water partition coefficient (Wildman–Crippen LogP) is 2.71. The van der Waals surface area contributed by atoms with E-state index >= 15 is 0 Å². The van der Waals surface area contributed by atoms with Crippen LogP contribution in [0.1, 0.15) is 31.4 Å². The number of halogens is 1. The van der Waals surface area contributed by atoms with E-state index in [1.165, 1.54) is 11.6 Å². The third-order valence-electron chi connectivity index (χ3n) is 3.58. The van der Waals surface area contributed by atoms with E-state index in [1.54, 1.807) is 6.07 Å². The van der Waals surface area contributed by atoms with Gasteiger partial charge in [0.25, 0.3) is 0 Å². The van der Waals surface area contributed by atoms with Gasteiger partial charge in [-0.15, -0.1) is 0 Å². The molecule has 0 spiro atoms. The summed E-state index contributed by atoms with van der Waals surface area (Å²) in [6, 6.07) is 5.07. The largest absolute Gasteiger partial charge is 0.310 e. The molecule has 2 nitrogen and oxygen atoms in total. The predicted molar refractivity (Wildman–Crippen MR) is 73.1 cm³/mol. The van der Waals surface area contributed by atoms with Crippen molar-refractivity contribution in [3.8, 4) is 0 Å². The Morgan fingerprint density at radius 3 is 2.94 bits per heavy atom. The lowest BCUT2D eigenvalue weighted by Gasteiger charge is -2.30. The van der Waals surface area contributed by atoms with E-state index in [-0.39, 0.29) is 11.4 Å². The summed E-state index contributed by atoms with van der Waals surface area (Å²) in [4.78, 5) is 2.42. The van der Waals surface area contributed by atoms with Gasteiger partial charge in [-0.1, -0.05) is 6.07 Å². The summed E-state index contributed by atoms with van der Waals surface area (Å²) in [7, 11) is 0. The van der Waals surface area contributed by atoms with Crippen LogP contribution >= 0.6 is 0 Å². The van der Waals surface area contributed by atoms with Crippen molar-refractivity contribution in [1.29, 1.82) is 0 Å². The lowest BCUT2D eigenvalue weighted by Crippen LogP contribution is -2.46. The smallest absolute Gasteiger partial charge is 0.123 e. The van der Waals surface area contributed by atoms with Gasteiger partial charge in [-0.25, -0.2) is 4.39 Å². The maximum absolute atomic E-state index is 13.3. The maximum Gasteiger partial charge on any atom is 0.123 e. The number of hydrogen-bond acceptors (Lipinski definition) is 2. The van der Waals surface area contributed by atoms with Gasteiger partial charge in [0.1, 0.15) is 5.82 Å². The first-order chi connectivity index (χ1) is 8.46. The molecule has 1 aliphatic heterocycles. The van der Waals surface area contributed by atoms with E-state index in [2.05, 4.69) is 31.0 Å². The average molecular weight is 250 g/mol. The van der Waals surface area contributed by atoms with Crippen LogP contribution in [0.15, 0.2) is 18.2 Å². The summed E-state index contributed by atoms with van der Waals surface area (Å²) in [6.07, 6.45) is 1.15. The van der Waals surface area contributed by atoms with Crippen LogP contribution in [0.5, 0.6) is 0 Å². The summed E-state index contributed by atoms with van der Waals surface area (Å²) in [5.74, 6) is -0.136. The second-order valence-corrected chi connectivity index (χ2v) is 5.95. The van der Waals surface area contributed by atoms with Crippen molar-refractivity contribution in [3.05, 3.63) is 35.1 Å². The van der Waals surface area contributed by atoms with Crippen LogP contribution in [-0.2, 0) is 6.54 Å². The standard InChI is InChI=1S/C15H23FN2/c1-12-5-6-14(16)9-13(12)10-18-8-4-7-17-15(2,3)11-18/h5-6,9,17H,4,7-8,10-11H2,1-3H3. The Hall–Kier alpha value is -0.930. The van der Waals surface area contributed by atoms with Crippen molar-refractivity contribution >= 4 is 0 Å². The Bertz CT molecular complexity index is 415. The Morgan fingerprint density at radius 1 is 1.39 bits per heavy atom. The van der Waals surface area contributed by atoms with Gasteiger partial charge in [0.2, 0.25) is 0 Å². The molecule has 0 bridgehead atoms. The molecule has 0 radical (unpaired) electrons. The van der Waals surface area contributed by atoms with Gasteiger partial charge >= 0.3 is 0 Å². The first-order valence-corrected chi connectivity index (χ1v) is 6.69. The second-order valence-electron chi connectivity index (χ2n) is 5.95. The first-order valence-electron chi connectivity index (χ1n) is 6.69. The Labute approximate surface area is 109 Å². The van der Waals surface area contributed by atoms with E-state index < -0.39 is 0 Å². The van der Waals surface area contributed by atoms with Gasteiger partial charge in [-0.3, -0.25) is 4.90 Å². The molecule has 2 rings (SSSR count). The number of nitrogens with zero attached hydrogens (tertiary/aromatic N) is 1. The minimum absolute atomic E-state index is 0.136. The van der Waals surface area contributed by atoms with E-state index in [9.17, 15) is 4.39 Å². The highest BCUT2D eigenvalue weighted by Crippen LogP contribution is 2.17. The lowest BCUT2D eigenvalue weighted by molar-refractivity contribution is 0.223. The molecule has 3 heteroatoms. The zero-order valence-corrected chi connectivity index (χ0v) is 11.6. The van der Waals surface area contributed by atoms with Crippen LogP contribution < -0.4 is 5.32 Å². The number of aryl methyl sites for hydroxylation is 1. The topological polar surface area (TPSA) is 15.3 Å². The molecule has 0 atom stereocenters. The van der Waals surface area contributed by atoms with Crippen LogP contribution in [0.3, 0.4) is 0 Å². The van der Waals surface area contributed by atoms with Gasteiger partial charge in [-0.05, 0) is 63.5 Å². The molecule has 1 fully saturated rings. The SMILES string of the molecule is Cc1ccc(F)cc1CN1CCCNC(C)(C)C1. The van der Waals surface area contributed by atoms with E-state index in [0.717, 1.165) is 38.2 Å². The Balaban J connectivity index is 2.10. The molecule has 1 aromatic carbocycles. The first kappa shape index (κ1) is 13.5. The van der Waals surface area contributed by atoms with Gasteiger partial charge in [0.15, 0.2) is 0 Å². The van der Waals surface area contributed by atoms with E-state index in [1.807, 2.05) is 6.07 Å². The molecule has 1 aromatic rings. The fourth-order valence-electron chi connectivity index (χ4n) is 2.61. The average Bonchev–Trinajstić information content (AvgIpc) is 2.44. The number of benzene rings is 1. The van der Waals surface area contributed by atoms with Gasteiger partial charge in [0, 0.05) is 18.6 Å². The summed E-state index contributed by atoms with van der Waals surface area (Å²) in [5, 5.41) is 3.55. The van der Waals surface area contributed by atoms with E-state index in [4.69, 9.17) is 0 Å². The van der Waals surface area contributed by atoms with Gasteiger partial charge in [0.05, 0.1) is 0 Å². The lowest BCUT2D eigenvalue weighted by atomic mass is 10.0. The van der Waals surface area contributed by atoms with Crippen LogP contribution in [0.4, 0.5) is 4.39 Å². The Morgan fingerprint density at radius 2 is 2.17 bits per heavy atom. The molecule has 0 unspecified atom stereocenters. The molecule has 1 aliphatic rings. The zero-order chi connectivity index (χ0) is 13.2. The number of hydrogen-bond donors (Lipinski definition) is 1. The fraction of sp³-hybridized carbons (Fsp3) is 0.600. The normalized spacial score (nSPS) is 20.7. The zero-order valence-electron chi connectivity index (χ0n) is 11.6. The summed E-state index contributed by atoms with van der Waals surface area (Å²) in [6.45, 7) is 10.5. The molecular formula is C15H23FN2. The van der Waals surface area contributed by atoms with Crippen molar-refractivity contribution in [3.63, 3.8) is 0 Å². The van der Waals surface area contributed by atoms with Crippen LogP contribution in [0.2, 0.25) is 0 Å². The van der Waals surface area contributed by atoms with Crippen molar-refractivity contribution in [2.24, 2.45) is 0 Å². The molecule has 1 heterocycles. The van der Waals surface area contributed by atoms with Gasteiger partial charge < -0.3 is 5.32 Å². The van der Waals surface area contributed by atoms with Crippen molar-refractivity contribution in [2.75, 3.05) is 19.6 Å². The van der Waals surface area contributed by atoms with Crippen molar-refractivity contribution in [1.82, 2.24) is 10.2 Å². The van der Waals surface area contributed by atoms with Crippen LogP contribution in [0, 0.1) is 12.7 Å². The molecule has 0 saturated carbocycles. The minimum Gasteiger partial charge on any atom is -0.310 e. The van der Waals surface area contributed by atoms with Gasteiger partial charge in [-0.2, -0.15) is 0 Å². The Kier molecular flexibility index (Phi) is 4.03. The summed E-state index contributed by atoms with van der Waals surface area (Å²) >= 11 is 0. The summed E-state index contributed by atoms with van der Waals surface area (Å²) in [5.41, 5.74) is 2.41. The van der Waals surface area contributed by atoms with E-state index in [0.29, 0.717) is 0 Å². The van der Waals surface area contributed by atoms with Crippen molar-refractivity contribution < 1.29 is 4.39 Å². The summed E-state index contributed by atoms with van der Waals surface area (Å²) < 4.78 is 13.3. The number of nitrogens with one attached hydrogen (secondary N) is 1. The fourth-order valence-corrected chi connectivity index (χ4v) is 2.61. The van der Waals surface area contributed by atoms with Crippen molar-refractivity contribution in [2.45, 2.75) is 39.3 Å². The molecule has 0 amide bonds. The third kappa shape index (κ3) is 3.53. The number of rotatable bonds is 2. The molecule has 1 N–H and O–H groups in total. The maximum atomic E-state index is 13.3. The monoisotopic (exact) mass is 250 g/mol. The minimum atomic E-state index is -0.136. The molecule has 100 valence electrons. The highest BCUT2D eigenvalue weighted by molar-refractivity contribution is 5.26. The van der Waals surface area contributed by atoms with Crippen LogP contribution in [-0.4, -0.2) is 30.1 Å². The molecule has 1 saturated heterocycles. The highest BCUT2D eigenvalue weighted by Gasteiger charge is 2.24. The molecule has 0 aromatic heterocycles. The molecule has 18 heavy (non-hydrogen) atoms.